The SMILES string of the molecule is CC#CC(=O)N1CCC[C@H](n2nc(-c3cnn(Cc4ccccc4)c3)c(C(N)=O)c2N)CC1. The molecule has 1 aromatic carbocycles. The van der Waals surface area contributed by atoms with E-state index in [2.05, 4.69) is 16.9 Å². The van der Waals surface area contributed by atoms with E-state index in [-0.39, 0.29) is 23.3 Å². The molecular weight excluding hydrogens is 418 g/mol. The molecule has 1 aliphatic rings. The van der Waals surface area contributed by atoms with Crippen molar-refractivity contribution in [2.45, 2.75) is 38.8 Å². The number of hydrogen-bond donors (Lipinski definition) is 2. The van der Waals surface area contributed by atoms with Gasteiger partial charge in [0.25, 0.3) is 11.8 Å². The Bertz CT molecular complexity index is 1220. The standard InChI is InChI=1S/C24H27N7O2/c1-2-7-20(32)29-12-6-10-19(11-13-29)31-23(25)21(24(26)33)22(28-31)18-14-27-30(16-18)15-17-8-4-3-5-9-17/h3-5,8-9,14,16,19H,6,10-13,15,25H2,1H3,(H2,26,33)/t19-/m0/s1. The van der Waals surface area contributed by atoms with Crippen LogP contribution in [0.15, 0.2) is 42.7 Å². The average molecular weight is 446 g/mol. The van der Waals surface area contributed by atoms with Gasteiger partial charge in [-0.2, -0.15) is 10.2 Å². The number of carbonyl (C=O) groups is 2. The summed E-state index contributed by atoms with van der Waals surface area (Å²) >= 11 is 0. The first-order valence-electron chi connectivity index (χ1n) is 10.9. The van der Waals surface area contributed by atoms with Gasteiger partial charge in [-0.25, -0.2) is 4.68 Å². The number of nitrogens with zero attached hydrogens (tertiary/aromatic N) is 5. The van der Waals surface area contributed by atoms with Gasteiger partial charge >= 0.3 is 0 Å². The monoisotopic (exact) mass is 445 g/mol. The lowest BCUT2D eigenvalue weighted by molar-refractivity contribution is -0.125. The molecule has 33 heavy (non-hydrogen) atoms. The molecule has 1 fully saturated rings. The average Bonchev–Trinajstić information content (AvgIpc) is 3.30. The van der Waals surface area contributed by atoms with Gasteiger partial charge in [0.2, 0.25) is 0 Å². The van der Waals surface area contributed by atoms with Crippen LogP contribution in [0.2, 0.25) is 0 Å². The van der Waals surface area contributed by atoms with E-state index in [1.165, 1.54) is 0 Å². The largest absolute Gasteiger partial charge is 0.383 e. The van der Waals surface area contributed by atoms with Crippen LogP contribution in [-0.2, 0) is 11.3 Å². The van der Waals surface area contributed by atoms with Crippen molar-refractivity contribution in [1.29, 1.82) is 0 Å². The van der Waals surface area contributed by atoms with E-state index >= 15 is 0 Å². The van der Waals surface area contributed by atoms with Crippen LogP contribution in [0, 0.1) is 11.8 Å². The van der Waals surface area contributed by atoms with E-state index in [1.54, 1.807) is 27.4 Å². The molecule has 0 spiro atoms. The van der Waals surface area contributed by atoms with Crippen molar-refractivity contribution >= 4 is 17.6 Å². The zero-order valence-electron chi connectivity index (χ0n) is 18.6. The molecule has 9 nitrogen and oxygen atoms in total. The molecule has 2 aromatic heterocycles. The second kappa shape index (κ2) is 9.61. The zero-order chi connectivity index (χ0) is 23.4. The quantitative estimate of drug-likeness (QED) is 0.582. The second-order valence-corrected chi connectivity index (χ2v) is 8.08. The number of hydrogen-bond acceptors (Lipinski definition) is 5. The number of rotatable bonds is 5. The van der Waals surface area contributed by atoms with Gasteiger partial charge in [0.15, 0.2) is 0 Å². The lowest BCUT2D eigenvalue weighted by atomic mass is 10.1. The Morgan fingerprint density at radius 1 is 1.18 bits per heavy atom. The highest BCUT2D eigenvalue weighted by molar-refractivity contribution is 6.03. The smallest absolute Gasteiger partial charge is 0.298 e. The number of benzene rings is 1. The van der Waals surface area contributed by atoms with Crippen molar-refractivity contribution in [3.63, 3.8) is 0 Å². The van der Waals surface area contributed by atoms with Crippen molar-refractivity contribution in [1.82, 2.24) is 24.5 Å². The number of aromatic nitrogens is 4. The van der Waals surface area contributed by atoms with Crippen molar-refractivity contribution in [3.8, 4) is 23.1 Å². The molecule has 0 aliphatic carbocycles. The van der Waals surface area contributed by atoms with Crippen LogP contribution in [0.1, 0.15) is 48.1 Å². The summed E-state index contributed by atoms with van der Waals surface area (Å²) in [6.07, 6.45) is 5.73. The zero-order valence-corrected chi connectivity index (χ0v) is 18.6. The lowest BCUT2D eigenvalue weighted by Gasteiger charge is -2.18. The summed E-state index contributed by atoms with van der Waals surface area (Å²) < 4.78 is 3.47. The predicted octanol–water partition coefficient (Wildman–Crippen LogP) is 2.05. The van der Waals surface area contributed by atoms with E-state index in [9.17, 15) is 9.59 Å². The maximum absolute atomic E-state index is 12.3. The fraction of sp³-hybridized carbons (Fsp3) is 0.333. The van der Waals surface area contributed by atoms with Crippen molar-refractivity contribution in [2.75, 3.05) is 18.8 Å². The molecule has 0 saturated carbocycles. The Morgan fingerprint density at radius 2 is 1.97 bits per heavy atom. The van der Waals surface area contributed by atoms with Crippen molar-refractivity contribution in [3.05, 3.63) is 53.9 Å². The van der Waals surface area contributed by atoms with Crippen LogP contribution in [0.25, 0.3) is 11.3 Å². The first kappa shape index (κ1) is 22.1. The summed E-state index contributed by atoms with van der Waals surface area (Å²) in [6, 6.07) is 9.91. The summed E-state index contributed by atoms with van der Waals surface area (Å²) in [5, 5.41) is 9.12. The molecule has 2 amide bonds. The molecule has 9 heteroatoms. The summed E-state index contributed by atoms with van der Waals surface area (Å²) in [5.74, 6) is 4.70. The minimum Gasteiger partial charge on any atom is -0.383 e. The number of likely N-dealkylation sites (tertiary alicyclic amines) is 1. The number of anilines is 1. The fourth-order valence-electron chi connectivity index (χ4n) is 4.23. The van der Waals surface area contributed by atoms with Gasteiger partial charge in [0, 0.05) is 24.8 Å². The summed E-state index contributed by atoms with van der Waals surface area (Å²) in [5.41, 5.74) is 14.5. The molecule has 3 heterocycles. The molecule has 0 unspecified atom stereocenters. The van der Waals surface area contributed by atoms with Crippen LogP contribution in [-0.4, -0.2) is 49.4 Å². The third-order valence-corrected chi connectivity index (χ3v) is 5.85. The molecule has 1 atom stereocenters. The minimum absolute atomic E-state index is 0.0522. The third-order valence-electron chi connectivity index (χ3n) is 5.85. The van der Waals surface area contributed by atoms with E-state index < -0.39 is 5.91 Å². The van der Waals surface area contributed by atoms with Gasteiger partial charge in [0.05, 0.1) is 18.8 Å². The first-order valence-corrected chi connectivity index (χ1v) is 10.9. The van der Waals surface area contributed by atoms with Gasteiger partial charge in [-0.05, 0) is 37.7 Å². The van der Waals surface area contributed by atoms with Gasteiger partial charge in [-0.3, -0.25) is 14.3 Å². The summed E-state index contributed by atoms with van der Waals surface area (Å²) in [7, 11) is 0. The van der Waals surface area contributed by atoms with Gasteiger partial charge in [-0.1, -0.05) is 36.3 Å². The van der Waals surface area contributed by atoms with E-state index in [0.717, 1.165) is 18.4 Å². The van der Waals surface area contributed by atoms with Crippen LogP contribution in [0.4, 0.5) is 5.82 Å². The highest BCUT2D eigenvalue weighted by Gasteiger charge is 2.28. The Balaban J connectivity index is 1.60. The highest BCUT2D eigenvalue weighted by Crippen LogP contribution is 2.32. The highest BCUT2D eigenvalue weighted by atomic mass is 16.2. The number of carbonyl (C=O) groups excluding carboxylic acids is 2. The Labute approximate surface area is 192 Å². The molecular formula is C24H27N7O2. The fourth-order valence-corrected chi connectivity index (χ4v) is 4.23. The van der Waals surface area contributed by atoms with Gasteiger partial charge in [0.1, 0.15) is 17.1 Å². The summed E-state index contributed by atoms with van der Waals surface area (Å²) in [4.78, 5) is 26.2. The number of amides is 2. The first-order chi connectivity index (χ1) is 16.0. The number of primary amides is 1. The topological polar surface area (TPSA) is 125 Å². The summed E-state index contributed by atoms with van der Waals surface area (Å²) in [6.45, 7) is 3.43. The van der Waals surface area contributed by atoms with Crippen LogP contribution in [0.5, 0.6) is 0 Å². The van der Waals surface area contributed by atoms with Crippen LogP contribution >= 0.6 is 0 Å². The molecule has 0 bridgehead atoms. The predicted molar refractivity (Wildman–Crippen MR) is 125 cm³/mol. The van der Waals surface area contributed by atoms with Crippen LogP contribution < -0.4 is 11.5 Å². The van der Waals surface area contributed by atoms with Crippen molar-refractivity contribution < 1.29 is 9.59 Å². The molecule has 1 aliphatic heterocycles. The molecule has 0 radical (unpaired) electrons. The molecule has 170 valence electrons. The normalized spacial score (nSPS) is 16.0. The Kier molecular flexibility index (Phi) is 6.45. The molecule has 4 N–H and O–H groups in total. The third kappa shape index (κ3) is 4.75. The number of nitrogen functional groups attached to an aromatic ring is 1. The lowest BCUT2D eigenvalue weighted by Crippen LogP contribution is -2.31. The Hall–Kier alpha value is -4.06. The van der Waals surface area contributed by atoms with Crippen LogP contribution in [0.3, 0.4) is 0 Å². The molecule has 4 rings (SSSR count). The van der Waals surface area contributed by atoms with Crippen molar-refractivity contribution in [2.24, 2.45) is 5.73 Å². The molecule has 3 aromatic rings. The van der Waals surface area contributed by atoms with Gasteiger partial charge in [-0.15, -0.1) is 0 Å². The Morgan fingerprint density at radius 3 is 2.70 bits per heavy atom. The molecule has 1 saturated heterocycles. The maximum Gasteiger partial charge on any atom is 0.298 e. The van der Waals surface area contributed by atoms with E-state index in [1.807, 2.05) is 36.5 Å². The van der Waals surface area contributed by atoms with E-state index in [0.29, 0.717) is 37.3 Å². The minimum atomic E-state index is -0.631. The second-order valence-electron chi connectivity index (χ2n) is 8.08. The number of nitrogens with two attached hydrogens (primary N) is 2. The maximum atomic E-state index is 12.3. The van der Waals surface area contributed by atoms with Gasteiger partial charge < -0.3 is 16.4 Å². The van der Waals surface area contributed by atoms with E-state index in [4.69, 9.17) is 16.6 Å².